The predicted molar refractivity (Wildman–Crippen MR) is 49.3 cm³/mol. The Bertz CT molecular complexity index is 204. The van der Waals surface area contributed by atoms with Crippen LogP contribution in [0.15, 0.2) is 0 Å². The van der Waals surface area contributed by atoms with Crippen LogP contribution in [0.4, 0.5) is 0 Å². The number of aliphatic hydroxyl groups is 1. The third kappa shape index (κ3) is 2.02. The van der Waals surface area contributed by atoms with Crippen LogP contribution in [0.5, 0.6) is 0 Å². The fraction of sp³-hybridized carbons (Fsp3) is 0.900. The van der Waals surface area contributed by atoms with Crippen molar-refractivity contribution >= 4 is 5.97 Å². The molecule has 0 aromatic carbocycles. The minimum absolute atomic E-state index is 0.0203. The van der Waals surface area contributed by atoms with Crippen LogP contribution in [0.3, 0.4) is 0 Å². The Hall–Kier alpha value is -0.570. The third-order valence-electron chi connectivity index (χ3n) is 2.97. The number of hydrogen-bond donors (Lipinski definition) is 2. The lowest BCUT2D eigenvalue weighted by Crippen LogP contribution is -2.44. The number of aliphatic carboxylic acids is 1. The molecule has 0 amide bonds. The Balaban J connectivity index is 2.78. The first-order valence-electron chi connectivity index (χ1n) is 4.82. The van der Waals surface area contributed by atoms with Crippen LogP contribution in [0.1, 0.15) is 33.6 Å². The molecule has 13 heavy (non-hydrogen) atoms. The molecule has 1 aliphatic rings. The number of hydrogen-bond acceptors (Lipinski definition) is 2. The van der Waals surface area contributed by atoms with Gasteiger partial charge in [0.1, 0.15) is 0 Å². The second kappa shape index (κ2) is 3.29. The summed E-state index contributed by atoms with van der Waals surface area (Å²) >= 11 is 0. The van der Waals surface area contributed by atoms with E-state index in [1.807, 2.05) is 13.8 Å². The molecule has 2 atom stereocenters. The predicted octanol–water partition coefficient (Wildman–Crippen LogP) is 1.50. The van der Waals surface area contributed by atoms with Crippen LogP contribution in [-0.4, -0.2) is 21.8 Å². The van der Waals surface area contributed by atoms with Crippen LogP contribution in [0.25, 0.3) is 0 Å². The molecule has 1 fully saturated rings. The molecule has 0 radical (unpaired) electrons. The monoisotopic (exact) mass is 186 g/mol. The maximum atomic E-state index is 11.0. The molecule has 0 spiro atoms. The average molecular weight is 186 g/mol. The molecular formula is C10H18O3. The molecule has 1 saturated carbocycles. The van der Waals surface area contributed by atoms with Gasteiger partial charge in [0.2, 0.25) is 0 Å². The van der Waals surface area contributed by atoms with E-state index in [4.69, 9.17) is 5.11 Å². The van der Waals surface area contributed by atoms with E-state index in [2.05, 4.69) is 0 Å². The van der Waals surface area contributed by atoms with E-state index in [1.54, 1.807) is 6.92 Å². The normalized spacial score (nSPS) is 24.1. The summed E-state index contributed by atoms with van der Waals surface area (Å²) in [6.07, 6.45) is 1.92. The number of carboxylic acids is 1. The molecule has 0 aliphatic heterocycles. The third-order valence-corrected chi connectivity index (χ3v) is 2.97. The van der Waals surface area contributed by atoms with E-state index in [-0.39, 0.29) is 11.8 Å². The molecule has 2 unspecified atom stereocenters. The molecule has 1 rings (SSSR count). The Morgan fingerprint density at radius 2 is 1.92 bits per heavy atom. The maximum Gasteiger partial charge on any atom is 0.309 e. The van der Waals surface area contributed by atoms with Gasteiger partial charge < -0.3 is 10.2 Å². The molecule has 0 saturated heterocycles. The number of rotatable bonds is 4. The van der Waals surface area contributed by atoms with Gasteiger partial charge >= 0.3 is 5.97 Å². The van der Waals surface area contributed by atoms with Crippen LogP contribution >= 0.6 is 0 Å². The maximum absolute atomic E-state index is 11.0. The molecule has 3 nitrogen and oxygen atoms in total. The second-order valence-corrected chi connectivity index (χ2v) is 4.56. The van der Waals surface area contributed by atoms with Crippen LogP contribution < -0.4 is 0 Å². The highest BCUT2D eigenvalue weighted by Crippen LogP contribution is 2.45. The first kappa shape index (κ1) is 10.5. The SMILES string of the molecule is CC(C)C(C(=O)O)C(C)(O)C1CC1. The highest BCUT2D eigenvalue weighted by molar-refractivity contribution is 5.72. The second-order valence-electron chi connectivity index (χ2n) is 4.56. The van der Waals surface area contributed by atoms with Crippen molar-refractivity contribution in [3.63, 3.8) is 0 Å². The van der Waals surface area contributed by atoms with E-state index in [0.29, 0.717) is 0 Å². The summed E-state index contributed by atoms with van der Waals surface area (Å²) in [7, 11) is 0. The van der Waals surface area contributed by atoms with Crippen molar-refractivity contribution in [1.82, 2.24) is 0 Å². The van der Waals surface area contributed by atoms with E-state index < -0.39 is 17.5 Å². The molecular weight excluding hydrogens is 168 g/mol. The fourth-order valence-electron chi connectivity index (χ4n) is 2.13. The van der Waals surface area contributed by atoms with Gasteiger partial charge in [0.15, 0.2) is 0 Å². The molecule has 1 aliphatic carbocycles. The summed E-state index contributed by atoms with van der Waals surface area (Å²) in [5.74, 6) is -1.35. The topological polar surface area (TPSA) is 57.5 Å². The smallest absolute Gasteiger partial charge is 0.309 e. The van der Waals surface area contributed by atoms with Crippen LogP contribution in [0, 0.1) is 17.8 Å². The lowest BCUT2D eigenvalue weighted by atomic mass is 9.78. The Morgan fingerprint density at radius 3 is 2.15 bits per heavy atom. The van der Waals surface area contributed by atoms with Gasteiger partial charge in [-0.3, -0.25) is 4.79 Å². The van der Waals surface area contributed by atoms with Crippen molar-refractivity contribution in [2.75, 3.05) is 0 Å². The summed E-state index contributed by atoms with van der Waals surface area (Å²) in [6.45, 7) is 5.34. The van der Waals surface area contributed by atoms with Crippen molar-refractivity contribution in [3.05, 3.63) is 0 Å². The Labute approximate surface area is 78.8 Å². The minimum Gasteiger partial charge on any atom is -0.481 e. The van der Waals surface area contributed by atoms with Gasteiger partial charge in [-0.1, -0.05) is 13.8 Å². The van der Waals surface area contributed by atoms with Crippen molar-refractivity contribution in [1.29, 1.82) is 0 Å². The van der Waals surface area contributed by atoms with Crippen molar-refractivity contribution < 1.29 is 15.0 Å². The summed E-state index contributed by atoms with van der Waals surface area (Å²) in [5.41, 5.74) is -1.03. The largest absolute Gasteiger partial charge is 0.481 e. The first-order chi connectivity index (χ1) is 5.87. The quantitative estimate of drug-likeness (QED) is 0.699. The van der Waals surface area contributed by atoms with Gasteiger partial charge in [0, 0.05) is 0 Å². The summed E-state index contributed by atoms with van der Waals surface area (Å²) in [6, 6.07) is 0. The van der Waals surface area contributed by atoms with Gasteiger partial charge in [-0.2, -0.15) is 0 Å². The lowest BCUT2D eigenvalue weighted by molar-refractivity contribution is -0.156. The van der Waals surface area contributed by atoms with Gasteiger partial charge in [-0.15, -0.1) is 0 Å². The zero-order chi connectivity index (χ0) is 10.2. The Morgan fingerprint density at radius 1 is 1.46 bits per heavy atom. The van der Waals surface area contributed by atoms with E-state index in [1.165, 1.54) is 0 Å². The van der Waals surface area contributed by atoms with Crippen molar-refractivity contribution in [2.24, 2.45) is 17.8 Å². The van der Waals surface area contributed by atoms with Gasteiger partial charge in [-0.25, -0.2) is 0 Å². The van der Waals surface area contributed by atoms with Gasteiger partial charge in [0.05, 0.1) is 11.5 Å². The highest BCUT2D eigenvalue weighted by atomic mass is 16.4. The first-order valence-corrected chi connectivity index (χ1v) is 4.82. The average Bonchev–Trinajstić information content (AvgIpc) is 2.61. The highest BCUT2D eigenvalue weighted by Gasteiger charge is 2.49. The molecule has 0 bridgehead atoms. The fourth-order valence-corrected chi connectivity index (χ4v) is 2.13. The Kier molecular flexibility index (Phi) is 2.66. The van der Waals surface area contributed by atoms with Crippen molar-refractivity contribution in [3.8, 4) is 0 Å². The summed E-state index contributed by atoms with van der Waals surface area (Å²) in [5, 5.41) is 19.1. The number of carbonyl (C=O) groups is 1. The molecule has 0 heterocycles. The molecule has 76 valence electrons. The summed E-state index contributed by atoms with van der Waals surface area (Å²) in [4.78, 5) is 11.0. The lowest BCUT2D eigenvalue weighted by Gasteiger charge is -2.32. The molecule has 2 N–H and O–H groups in total. The van der Waals surface area contributed by atoms with Crippen LogP contribution in [-0.2, 0) is 4.79 Å². The van der Waals surface area contributed by atoms with Crippen molar-refractivity contribution in [2.45, 2.75) is 39.2 Å². The van der Waals surface area contributed by atoms with E-state index >= 15 is 0 Å². The molecule has 0 aromatic heterocycles. The van der Waals surface area contributed by atoms with E-state index in [9.17, 15) is 9.90 Å². The van der Waals surface area contributed by atoms with E-state index in [0.717, 1.165) is 12.8 Å². The van der Waals surface area contributed by atoms with Gasteiger partial charge in [0.25, 0.3) is 0 Å². The number of carboxylic acid groups (broad SMARTS) is 1. The summed E-state index contributed by atoms with van der Waals surface area (Å²) < 4.78 is 0. The zero-order valence-corrected chi connectivity index (χ0v) is 8.45. The molecule has 0 aromatic rings. The zero-order valence-electron chi connectivity index (χ0n) is 8.45. The molecule has 3 heteroatoms. The minimum atomic E-state index is -1.03. The van der Waals surface area contributed by atoms with Crippen LogP contribution in [0.2, 0.25) is 0 Å². The standard InChI is InChI=1S/C10H18O3/c1-6(2)8(9(11)12)10(3,13)7-4-5-7/h6-8,13H,4-5H2,1-3H3,(H,11,12). The van der Waals surface area contributed by atoms with Gasteiger partial charge in [-0.05, 0) is 31.6 Å².